The highest BCUT2D eigenvalue weighted by Gasteiger charge is 2.16. The molecule has 6 heteroatoms. The lowest BCUT2D eigenvalue weighted by molar-refractivity contribution is -0.115. The molecule has 2 aromatic rings. The molecule has 0 saturated heterocycles. The molecule has 0 saturated carbocycles. The van der Waals surface area contributed by atoms with Gasteiger partial charge >= 0.3 is 0 Å². The van der Waals surface area contributed by atoms with E-state index in [4.69, 9.17) is 17.3 Å². The van der Waals surface area contributed by atoms with E-state index in [2.05, 4.69) is 5.32 Å². The van der Waals surface area contributed by atoms with Gasteiger partial charge in [-0.2, -0.15) is 0 Å². The topological polar surface area (TPSA) is 75.4 Å². The van der Waals surface area contributed by atoms with Crippen LogP contribution >= 0.6 is 11.6 Å². The number of anilines is 2. The maximum atomic E-state index is 12.4. The number of amides is 2. The van der Waals surface area contributed by atoms with Crippen LogP contribution in [0.25, 0.3) is 0 Å². The Bertz CT molecular complexity index is 756. The summed E-state index contributed by atoms with van der Waals surface area (Å²) in [5, 5.41) is 3.11. The Morgan fingerprint density at radius 2 is 1.72 bits per heavy atom. The molecular weight excluding hydrogens is 338 g/mol. The number of hydrogen-bond donors (Lipinski definition) is 2. The van der Waals surface area contributed by atoms with Gasteiger partial charge in [0.25, 0.3) is 5.91 Å². The molecule has 2 amide bonds. The molecule has 0 heterocycles. The first kappa shape index (κ1) is 18.8. The summed E-state index contributed by atoms with van der Waals surface area (Å²) in [5.74, 6) is -0.279. The Balaban J connectivity index is 2.06. The number of carbonyl (C=O) groups excluding carboxylic acids is 2. The van der Waals surface area contributed by atoms with Crippen LogP contribution in [0.1, 0.15) is 29.8 Å². The Morgan fingerprint density at radius 1 is 1.08 bits per heavy atom. The van der Waals surface area contributed by atoms with Gasteiger partial charge in [0.05, 0.1) is 17.0 Å². The number of nitrogen functional groups attached to an aromatic ring is 1. The lowest BCUT2D eigenvalue weighted by Gasteiger charge is -2.19. The monoisotopic (exact) mass is 359 g/mol. The summed E-state index contributed by atoms with van der Waals surface area (Å²) < 4.78 is 0. The largest absolute Gasteiger partial charge is 0.399 e. The molecule has 0 aliphatic rings. The third-order valence-corrected chi connectivity index (χ3v) is 4.19. The van der Waals surface area contributed by atoms with E-state index in [0.717, 1.165) is 5.56 Å². The average molecular weight is 360 g/mol. The zero-order valence-corrected chi connectivity index (χ0v) is 15.1. The number of rotatable bonds is 6. The molecule has 0 bridgehead atoms. The molecule has 0 spiro atoms. The molecule has 2 rings (SSSR count). The van der Waals surface area contributed by atoms with Gasteiger partial charge in [-0.25, -0.2) is 0 Å². The fourth-order valence-corrected chi connectivity index (χ4v) is 2.73. The summed E-state index contributed by atoms with van der Waals surface area (Å²) >= 11 is 6.23. The van der Waals surface area contributed by atoms with Crippen LogP contribution in [0.3, 0.4) is 0 Å². The Hall–Kier alpha value is -2.53. The maximum Gasteiger partial charge on any atom is 0.255 e. The normalized spacial score (nSPS) is 10.4. The minimum Gasteiger partial charge on any atom is -0.399 e. The summed E-state index contributed by atoms with van der Waals surface area (Å²) in [6.45, 7) is 5.07. The van der Waals surface area contributed by atoms with E-state index < -0.39 is 0 Å². The third-order valence-electron chi connectivity index (χ3n) is 3.88. The van der Waals surface area contributed by atoms with E-state index in [0.29, 0.717) is 35.1 Å². The molecule has 0 aliphatic heterocycles. The molecule has 0 aromatic heterocycles. The van der Waals surface area contributed by atoms with Crippen molar-refractivity contribution in [3.63, 3.8) is 0 Å². The smallest absolute Gasteiger partial charge is 0.255 e. The number of carbonyl (C=O) groups is 2. The third kappa shape index (κ3) is 4.97. The number of nitrogens with zero attached hydrogens (tertiary/aromatic N) is 1. The minimum atomic E-state index is -0.163. The lowest BCUT2D eigenvalue weighted by Crippen LogP contribution is -2.30. The van der Waals surface area contributed by atoms with Crippen molar-refractivity contribution in [3.8, 4) is 0 Å². The molecule has 5 nitrogen and oxygen atoms in total. The summed E-state index contributed by atoms with van der Waals surface area (Å²) in [6.07, 6.45) is 0.234. The second-order valence-corrected chi connectivity index (χ2v) is 6.05. The quantitative estimate of drug-likeness (QED) is 0.774. The standard InChI is InChI=1S/C19H22ClN3O2/c1-3-23(4-2)19(25)16-10-9-15(12-17(16)20)22-18(24)11-13-5-7-14(21)8-6-13/h5-10,12H,3-4,11,21H2,1-2H3,(H,22,24). The van der Waals surface area contributed by atoms with Crippen LogP contribution in [-0.4, -0.2) is 29.8 Å². The van der Waals surface area contributed by atoms with Gasteiger partial charge in [-0.1, -0.05) is 23.7 Å². The van der Waals surface area contributed by atoms with E-state index in [1.807, 2.05) is 26.0 Å². The van der Waals surface area contributed by atoms with E-state index in [-0.39, 0.29) is 18.2 Å². The zero-order valence-electron chi connectivity index (χ0n) is 14.4. The summed E-state index contributed by atoms with van der Waals surface area (Å²) in [5.41, 5.74) is 8.14. The van der Waals surface area contributed by atoms with Crippen LogP contribution < -0.4 is 11.1 Å². The van der Waals surface area contributed by atoms with Crippen molar-refractivity contribution in [2.24, 2.45) is 0 Å². The Morgan fingerprint density at radius 3 is 2.28 bits per heavy atom. The van der Waals surface area contributed by atoms with Gasteiger partial charge in [-0.3, -0.25) is 9.59 Å². The lowest BCUT2D eigenvalue weighted by atomic mass is 10.1. The highest BCUT2D eigenvalue weighted by atomic mass is 35.5. The van der Waals surface area contributed by atoms with E-state index >= 15 is 0 Å². The molecule has 132 valence electrons. The van der Waals surface area contributed by atoms with Crippen molar-refractivity contribution < 1.29 is 9.59 Å². The first-order chi connectivity index (χ1) is 11.9. The van der Waals surface area contributed by atoms with Gasteiger partial charge in [-0.05, 0) is 49.7 Å². The summed E-state index contributed by atoms with van der Waals surface area (Å²) in [4.78, 5) is 26.2. The van der Waals surface area contributed by atoms with Crippen molar-refractivity contribution in [2.45, 2.75) is 20.3 Å². The molecule has 0 unspecified atom stereocenters. The van der Waals surface area contributed by atoms with Crippen molar-refractivity contribution in [3.05, 3.63) is 58.6 Å². The SMILES string of the molecule is CCN(CC)C(=O)c1ccc(NC(=O)Cc2ccc(N)cc2)cc1Cl. The zero-order chi connectivity index (χ0) is 18.4. The van der Waals surface area contributed by atoms with Gasteiger partial charge in [0.2, 0.25) is 5.91 Å². The van der Waals surface area contributed by atoms with Crippen molar-refractivity contribution in [1.29, 1.82) is 0 Å². The van der Waals surface area contributed by atoms with Crippen LogP contribution in [0.5, 0.6) is 0 Å². The van der Waals surface area contributed by atoms with Crippen LogP contribution in [0.2, 0.25) is 5.02 Å². The number of nitrogens with one attached hydrogen (secondary N) is 1. The number of nitrogens with two attached hydrogens (primary N) is 1. The van der Waals surface area contributed by atoms with Crippen LogP contribution in [0.15, 0.2) is 42.5 Å². The Kier molecular flexibility index (Phi) is 6.42. The molecule has 0 radical (unpaired) electrons. The van der Waals surface area contributed by atoms with Crippen LogP contribution in [0.4, 0.5) is 11.4 Å². The molecule has 3 N–H and O–H groups in total. The first-order valence-corrected chi connectivity index (χ1v) is 8.55. The molecular formula is C19H22ClN3O2. The molecule has 0 atom stereocenters. The second-order valence-electron chi connectivity index (χ2n) is 5.64. The first-order valence-electron chi connectivity index (χ1n) is 8.17. The van der Waals surface area contributed by atoms with Gasteiger partial charge < -0.3 is 16.0 Å². The van der Waals surface area contributed by atoms with Gasteiger partial charge in [-0.15, -0.1) is 0 Å². The highest BCUT2D eigenvalue weighted by Crippen LogP contribution is 2.22. The maximum absolute atomic E-state index is 12.4. The molecule has 0 aliphatic carbocycles. The number of halogens is 1. The van der Waals surface area contributed by atoms with Crippen molar-refractivity contribution in [1.82, 2.24) is 4.90 Å². The predicted octanol–water partition coefficient (Wildman–Crippen LogP) is 3.59. The van der Waals surface area contributed by atoms with Gasteiger partial charge in [0.15, 0.2) is 0 Å². The number of hydrogen-bond acceptors (Lipinski definition) is 3. The molecule has 25 heavy (non-hydrogen) atoms. The van der Waals surface area contributed by atoms with E-state index in [9.17, 15) is 9.59 Å². The van der Waals surface area contributed by atoms with Crippen molar-refractivity contribution >= 4 is 34.8 Å². The summed E-state index contributed by atoms with van der Waals surface area (Å²) in [6, 6.07) is 12.1. The van der Waals surface area contributed by atoms with Gasteiger partial charge in [0.1, 0.15) is 0 Å². The van der Waals surface area contributed by atoms with E-state index in [1.54, 1.807) is 35.2 Å². The van der Waals surface area contributed by atoms with Gasteiger partial charge in [0, 0.05) is 24.5 Å². The summed E-state index contributed by atoms with van der Waals surface area (Å²) in [7, 11) is 0. The average Bonchev–Trinajstić information content (AvgIpc) is 2.58. The highest BCUT2D eigenvalue weighted by molar-refractivity contribution is 6.34. The van der Waals surface area contributed by atoms with Crippen LogP contribution in [0, 0.1) is 0 Å². The fraction of sp³-hybridized carbons (Fsp3) is 0.263. The Labute approximate surface area is 152 Å². The van der Waals surface area contributed by atoms with Crippen LogP contribution in [-0.2, 0) is 11.2 Å². The van der Waals surface area contributed by atoms with Crippen molar-refractivity contribution in [2.75, 3.05) is 24.1 Å². The predicted molar refractivity (Wildman–Crippen MR) is 102 cm³/mol. The minimum absolute atomic E-state index is 0.116. The molecule has 0 fully saturated rings. The number of benzene rings is 2. The second kappa shape index (κ2) is 8.53. The fourth-order valence-electron chi connectivity index (χ4n) is 2.47. The van der Waals surface area contributed by atoms with E-state index in [1.165, 1.54) is 0 Å². The molecule has 2 aromatic carbocycles.